The first-order chi connectivity index (χ1) is 11.6. The second-order valence-electron chi connectivity index (χ2n) is 5.31. The first-order valence-electron chi connectivity index (χ1n) is 7.63. The number of anilines is 1. The zero-order valence-corrected chi connectivity index (χ0v) is 15.9. The topological polar surface area (TPSA) is 20.3 Å². The van der Waals surface area contributed by atoms with Gasteiger partial charge in [0.25, 0.3) is 5.91 Å². The maximum atomic E-state index is 12.7. The summed E-state index contributed by atoms with van der Waals surface area (Å²) in [6.07, 6.45) is 4.93. The summed E-state index contributed by atoms with van der Waals surface area (Å²) >= 11 is 8.47. The molecule has 122 valence electrons. The van der Waals surface area contributed by atoms with Gasteiger partial charge in [-0.1, -0.05) is 55.2 Å². The minimum atomic E-state index is -0.0526. The van der Waals surface area contributed by atoms with Crippen molar-refractivity contribution in [2.24, 2.45) is 0 Å². The maximum Gasteiger partial charge on any atom is 0.270 e. The number of carbonyl (C=O) groups excluding carboxylic acids is 1. The smallest absolute Gasteiger partial charge is 0.268 e. The van der Waals surface area contributed by atoms with Gasteiger partial charge >= 0.3 is 0 Å². The predicted octanol–water partition coefficient (Wildman–Crippen LogP) is 5.38. The van der Waals surface area contributed by atoms with Crippen molar-refractivity contribution >= 4 is 57.7 Å². The Labute approximate surface area is 156 Å². The molecule has 0 aliphatic carbocycles. The number of thioether (sulfide) groups is 2. The molecule has 0 unspecified atom stereocenters. The van der Waals surface area contributed by atoms with Gasteiger partial charge in [-0.05, 0) is 54.1 Å². The van der Waals surface area contributed by atoms with Crippen molar-refractivity contribution in [2.45, 2.75) is 18.2 Å². The van der Waals surface area contributed by atoms with E-state index in [1.807, 2.05) is 48.7 Å². The van der Waals surface area contributed by atoms with Gasteiger partial charge in [0.05, 0.1) is 10.6 Å². The highest BCUT2D eigenvalue weighted by molar-refractivity contribution is 8.27. The highest BCUT2D eigenvalue weighted by Gasteiger charge is 2.33. The van der Waals surface area contributed by atoms with Crippen LogP contribution in [0.5, 0.6) is 0 Å². The molecule has 1 fully saturated rings. The Morgan fingerprint density at radius 3 is 2.38 bits per heavy atom. The average molecular weight is 372 g/mol. The van der Waals surface area contributed by atoms with Crippen molar-refractivity contribution < 1.29 is 4.79 Å². The van der Waals surface area contributed by atoms with E-state index in [-0.39, 0.29) is 5.91 Å². The quantitative estimate of drug-likeness (QED) is 0.408. The van der Waals surface area contributed by atoms with Gasteiger partial charge in [0.15, 0.2) is 4.32 Å². The average Bonchev–Trinajstić information content (AvgIpc) is 2.89. The lowest BCUT2D eigenvalue weighted by atomic mass is 10.1. The molecule has 24 heavy (non-hydrogen) atoms. The molecule has 0 radical (unpaired) electrons. The molecule has 0 N–H and O–H groups in total. The summed E-state index contributed by atoms with van der Waals surface area (Å²) in [7, 11) is 0. The first-order valence-corrected chi connectivity index (χ1v) is 10.1. The molecule has 5 heteroatoms. The third-order valence-electron chi connectivity index (χ3n) is 3.81. The molecule has 1 saturated heterocycles. The Morgan fingerprint density at radius 2 is 1.79 bits per heavy atom. The Morgan fingerprint density at radius 1 is 1.12 bits per heavy atom. The number of thiocarbonyl (C=S) groups is 1. The SMILES string of the molecule is CCc1ccc(N2C(=O)C(=Cc3ccc(SC)cc3)SC2=S)cc1. The van der Waals surface area contributed by atoms with Gasteiger partial charge in [-0.2, -0.15) is 0 Å². The summed E-state index contributed by atoms with van der Waals surface area (Å²) in [5, 5.41) is 0. The lowest BCUT2D eigenvalue weighted by Crippen LogP contribution is -2.27. The van der Waals surface area contributed by atoms with E-state index in [0.29, 0.717) is 9.23 Å². The summed E-state index contributed by atoms with van der Waals surface area (Å²) in [5.74, 6) is -0.0526. The van der Waals surface area contributed by atoms with E-state index in [9.17, 15) is 4.79 Å². The highest BCUT2D eigenvalue weighted by atomic mass is 32.2. The monoisotopic (exact) mass is 371 g/mol. The summed E-state index contributed by atoms with van der Waals surface area (Å²) < 4.78 is 0.580. The van der Waals surface area contributed by atoms with Crippen LogP contribution in [0.4, 0.5) is 5.69 Å². The van der Waals surface area contributed by atoms with Crippen LogP contribution in [-0.2, 0) is 11.2 Å². The number of carbonyl (C=O) groups is 1. The van der Waals surface area contributed by atoms with Gasteiger partial charge in [0, 0.05) is 4.90 Å². The van der Waals surface area contributed by atoms with Crippen LogP contribution in [0.2, 0.25) is 0 Å². The highest BCUT2D eigenvalue weighted by Crippen LogP contribution is 2.36. The van der Waals surface area contributed by atoms with Crippen LogP contribution < -0.4 is 4.90 Å². The van der Waals surface area contributed by atoms with E-state index in [4.69, 9.17) is 12.2 Å². The third-order valence-corrected chi connectivity index (χ3v) is 5.86. The molecule has 0 aromatic heterocycles. The third kappa shape index (κ3) is 3.58. The fourth-order valence-electron chi connectivity index (χ4n) is 2.42. The first kappa shape index (κ1) is 17.3. The molecular weight excluding hydrogens is 354 g/mol. The van der Waals surface area contributed by atoms with Crippen LogP contribution in [0.3, 0.4) is 0 Å². The van der Waals surface area contributed by atoms with Crippen LogP contribution in [0, 0.1) is 0 Å². The van der Waals surface area contributed by atoms with Crippen molar-refractivity contribution in [2.75, 3.05) is 11.2 Å². The zero-order chi connectivity index (χ0) is 17.1. The summed E-state index contributed by atoms with van der Waals surface area (Å²) in [5.41, 5.74) is 3.08. The summed E-state index contributed by atoms with van der Waals surface area (Å²) in [6, 6.07) is 16.2. The maximum absolute atomic E-state index is 12.7. The van der Waals surface area contributed by atoms with E-state index in [1.165, 1.54) is 22.2 Å². The number of amides is 1. The number of nitrogens with zero attached hydrogens (tertiary/aromatic N) is 1. The van der Waals surface area contributed by atoms with Crippen molar-refractivity contribution in [1.82, 2.24) is 0 Å². The second-order valence-corrected chi connectivity index (χ2v) is 7.87. The predicted molar refractivity (Wildman–Crippen MR) is 110 cm³/mol. The molecular formula is C19H17NOS3. The number of hydrogen-bond acceptors (Lipinski definition) is 4. The van der Waals surface area contributed by atoms with Gasteiger partial charge in [-0.15, -0.1) is 11.8 Å². The molecule has 1 aliphatic rings. The molecule has 1 amide bonds. The van der Waals surface area contributed by atoms with Gasteiger partial charge in [0.1, 0.15) is 0 Å². The largest absolute Gasteiger partial charge is 0.270 e. The minimum Gasteiger partial charge on any atom is -0.268 e. The molecule has 0 saturated carbocycles. The van der Waals surface area contributed by atoms with Gasteiger partial charge in [0.2, 0.25) is 0 Å². The lowest BCUT2D eigenvalue weighted by Gasteiger charge is -2.14. The molecule has 0 atom stereocenters. The molecule has 1 heterocycles. The van der Waals surface area contributed by atoms with E-state index < -0.39 is 0 Å². The fourth-order valence-corrected chi connectivity index (χ4v) is 4.13. The Balaban J connectivity index is 1.85. The normalized spacial score (nSPS) is 16.2. The number of hydrogen-bond donors (Lipinski definition) is 0. The van der Waals surface area contributed by atoms with E-state index >= 15 is 0 Å². The molecule has 3 rings (SSSR count). The van der Waals surface area contributed by atoms with Gasteiger partial charge < -0.3 is 0 Å². The van der Waals surface area contributed by atoms with E-state index in [0.717, 1.165) is 17.7 Å². The second kappa shape index (κ2) is 7.55. The summed E-state index contributed by atoms with van der Waals surface area (Å²) in [4.78, 5) is 16.2. The number of rotatable bonds is 4. The Bertz CT molecular complexity index is 794. The van der Waals surface area contributed by atoms with E-state index in [1.54, 1.807) is 16.7 Å². The van der Waals surface area contributed by atoms with Crippen molar-refractivity contribution in [3.05, 3.63) is 64.6 Å². The Kier molecular flexibility index (Phi) is 5.43. The summed E-state index contributed by atoms with van der Waals surface area (Å²) in [6.45, 7) is 2.11. The number of aryl methyl sites for hydroxylation is 1. The molecule has 0 spiro atoms. The van der Waals surface area contributed by atoms with Crippen molar-refractivity contribution in [3.63, 3.8) is 0 Å². The molecule has 2 aromatic carbocycles. The molecule has 2 aromatic rings. The van der Waals surface area contributed by atoms with Gasteiger partial charge in [-0.25, -0.2) is 0 Å². The Hall–Kier alpha value is -1.56. The zero-order valence-electron chi connectivity index (χ0n) is 13.5. The minimum absolute atomic E-state index is 0.0526. The van der Waals surface area contributed by atoms with Crippen LogP contribution in [0.1, 0.15) is 18.1 Å². The van der Waals surface area contributed by atoms with Gasteiger partial charge in [-0.3, -0.25) is 9.69 Å². The van der Waals surface area contributed by atoms with E-state index in [2.05, 4.69) is 19.1 Å². The molecule has 2 nitrogen and oxygen atoms in total. The van der Waals surface area contributed by atoms with Crippen LogP contribution in [0.25, 0.3) is 6.08 Å². The fraction of sp³-hybridized carbons (Fsp3) is 0.158. The van der Waals surface area contributed by atoms with Crippen LogP contribution in [-0.4, -0.2) is 16.5 Å². The molecule has 1 aliphatic heterocycles. The van der Waals surface area contributed by atoms with Crippen LogP contribution >= 0.6 is 35.7 Å². The number of benzene rings is 2. The lowest BCUT2D eigenvalue weighted by molar-refractivity contribution is -0.113. The van der Waals surface area contributed by atoms with Crippen LogP contribution in [0.15, 0.2) is 58.3 Å². The molecule has 0 bridgehead atoms. The van der Waals surface area contributed by atoms with Crippen molar-refractivity contribution in [3.8, 4) is 0 Å². The standard InChI is InChI=1S/C19H17NOS3/c1-3-13-4-8-15(9-5-13)20-18(21)17(24-19(20)22)12-14-6-10-16(23-2)11-7-14/h4-12H,3H2,1-2H3. The van der Waals surface area contributed by atoms with Crippen molar-refractivity contribution in [1.29, 1.82) is 0 Å².